The van der Waals surface area contributed by atoms with E-state index < -0.39 is 0 Å². The Labute approximate surface area is 129 Å². The van der Waals surface area contributed by atoms with E-state index in [1.165, 1.54) is 0 Å². The van der Waals surface area contributed by atoms with Crippen molar-refractivity contribution < 1.29 is 14.2 Å². The number of hydrogen-bond donors (Lipinski definition) is 2. The third kappa shape index (κ3) is 10.5. The van der Waals surface area contributed by atoms with Crippen LogP contribution in [0.15, 0.2) is 4.99 Å². The van der Waals surface area contributed by atoms with Crippen LogP contribution in [0.3, 0.4) is 0 Å². The highest BCUT2D eigenvalue weighted by atomic mass is 16.5. The van der Waals surface area contributed by atoms with Crippen molar-refractivity contribution in [2.45, 2.75) is 33.8 Å². The third-order valence-corrected chi connectivity index (χ3v) is 2.98. The molecule has 0 aromatic heterocycles. The zero-order valence-electron chi connectivity index (χ0n) is 14.5. The lowest BCUT2D eigenvalue weighted by atomic mass is 9.89. The Morgan fingerprint density at radius 2 is 1.81 bits per heavy atom. The molecule has 0 aromatic rings. The molecule has 0 saturated carbocycles. The van der Waals surface area contributed by atoms with Crippen molar-refractivity contribution in [2.75, 3.05) is 53.7 Å². The molecule has 1 unspecified atom stereocenters. The summed E-state index contributed by atoms with van der Waals surface area (Å²) in [6.45, 7) is 12.5. The molecule has 21 heavy (non-hydrogen) atoms. The second-order valence-corrected chi connectivity index (χ2v) is 5.84. The van der Waals surface area contributed by atoms with E-state index in [0.29, 0.717) is 32.9 Å². The van der Waals surface area contributed by atoms with E-state index >= 15 is 0 Å². The first-order valence-corrected chi connectivity index (χ1v) is 7.57. The van der Waals surface area contributed by atoms with Gasteiger partial charge in [0.2, 0.25) is 0 Å². The second kappa shape index (κ2) is 11.8. The second-order valence-electron chi connectivity index (χ2n) is 5.84. The van der Waals surface area contributed by atoms with Crippen LogP contribution in [0.5, 0.6) is 0 Å². The van der Waals surface area contributed by atoms with Crippen molar-refractivity contribution in [1.82, 2.24) is 10.6 Å². The van der Waals surface area contributed by atoms with Gasteiger partial charge in [-0.2, -0.15) is 0 Å². The minimum absolute atomic E-state index is 0.0683. The van der Waals surface area contributed by atoms with Crippen LogP contribution in [-0.2, 0) is 14.2 Å². The van der Waals surface area contributed by atoms with E-state index in [4.69, 9.17) is 14.2 Å². The van der Waals surface area contributed by atoms with Crippen molar-refractivity contribution in [1.29, 1.82) is 0 Å². The van der Waals surface area contributed by atoms with Gasteiger partial charge in [-0.15, -0.1) is 0 Å². The van der Waals surface area contributed by atoms with Gasteiger partial charge in [0, 0.05) is 27.3 Å². The molecule has 0 rings (SSSR count). The first kappa shape index (κ1) is 20.1. The van der Waals surface area contributed by atoms with E-state index in [1.807, 2.05) is 6.92 Å². The SMILES string of the molecule is CCNC(=NCC(OC)C(C)(C)C)NCCOCCOC. The van der Waals surface area contributed by atoms with Crippen molar-refractivity contribution >= 4 is 5.96 Å². The number of guanidine groups is 1. The Morgan fingerprint density at radius 1 is 1.10 bits per heavy atom. The highest BCUT2D eigenvalue weighted by Crippen LogP contribution is 2.21. The zero-order chi connectivity index (χ0) is 16.1. The van der Waals surface area contributed by atoms with Gasteiger partial charge in [-0.05, 0) is 12.3 Å². The molecule has 6 heteroatoms. The maximum Gasteiger partial charge on any atom is 0.191 e. The minimum atomic E-state index is 0.0683. The normalized spacial score (nSPS) is 14.1. The molecule has 0 fully saturated rings. The van der Waals surface area contributed by atoms with Crippen LogP contribution in [0.4, 0.5) is 0 Å². The fourth-order valence-electron chi connectivity index (χ4n) is 1.70. The maximum absolute atomic E-state index is 5.51. The number of aliphatic imine (C=N–C) groups is 1. The molecule has 0 bridgehead atoms. The van der Waals surface area contributed by atoms with E-state index in [2.05, 4.69) is 36.4 Å². The van der Waals surface area contributed by atoms with Crippen LogP contribution in [0.25, 0.3) is 0 Å². The van der Waals surface area contributed by atoms with E-state index in [-0.39, 0.29) is 11.5 Å². The first-order chi connectivity index (χ1) is 9.95. The quantitative estimate of drug-likeness (QED) is 0.361. The fraction of sp³-hybridized carbons (Fsp3) is 0.933. The van der Waals surface area contributed by atoms with Gasteiger partial charge in [-0.25, -0.2) is 0 Å². The average Bonchev–Trinajstić information content (AvgIpc) is 2.41. The van der Waals surface area contributed by atoms with Crippen molar-refractivity contribution in [3.05, 3.63) is 0 Å². The summed E-state index contributed by atoms with van der Waals surface area (Å²) in [5.74, 6) is 0.791. The highest BCUT2D eigenvalue weighted by molar-refractivity contribution is 5.79. The topological polar surface area (TPSA) is 64.1 Å². The van der Waals surface area contributed by atoms with Crippen LogP contribution in [0.1, 0.15) is 27.7 Å². The summed E-state index contributed by atoms with van der Waals surface area (Å²) < 4.78 is 15.8. The Kier molecular flexibility index (Phi) is 11.3. The van der Waals surface area contributed by atoms with E-state index in [1.54, 1.807) is 14.2 Å². The number of hydrogen-bond acceptors (Lipinski definition) is 4. The molecular formula is C15H33N3O3. The largest absolute Gasteiger partial charge is 0.382 e. The molecule has 0 spiro atoms. The van der Waals surface area contributed by atoms with Gasteiger partial charge in [0.1, 0.15) is 0 Å². The number of rotatable bonds is 10. The molecule has 1 atom stereocenters. The molecule has 126 valence electrons. The molecule has 0 amide bonds. The van der Waals surface area contributed by atoms with Crippen molar-refractivity contribution in [3.8, 4) is 0 Å². The summed E-state index contributed by atoms with van der Waals surface area (Å²) in [6.07, 6.45) is 0.0888. The van der Waals surface area contributed by atoms with E-state index in [0.717, 1.165) is 12.5 Å². The Bertz CT molecular complexity index is 278. The molecule has 0 heterocycles. The van der Waals surface area contributed by atoms with Gasteiger partial charge in [0.15, 0.2) is 5.96 Å². The van der Waals surface area contributed by atoms with Crippen LogP contribution >= 0.6 is 0 Å². The van der Waals surface area contributed by atoms with Crippen LogP contribution in [0, 0.1) is 5.41 Å². The predicted molar refractivity (Wildman–Crippen MR) is 86.9 cm³/mol. The number of ether oxygens (including phenoxy) is 3. The smallest absolute Gasteiger partial charge is 0.191 e. The summed E-state index contributed by atoms with van der Waals surface area (Å²) >= 11 is 0. The maximum atomic E-state index is 5.51. The summed E-state index contributed by atoms with van der Waals surface area (Å²) in [6, 6.07) is 0. The Morgan fingerprint density at radius 3 is 2.33 bits per heavy atom. The summed E-state index contributed by atoms with van der Waals surface area (Å²) in [5, 5.41) is 6.46. The first-order valence-electron chi connectivity index (χ1n) is 7.57. The molecular weight excluding hydrogens is 270 g/mol. The zero-order valence-corrected chi connectivity index (χ0v) is 14.5. The predicted octanol–water partition coefficient (Wildman–Crippen LogP) is 1.27. The summed E-state index contributed by atoms with van der Waals surface area (Å²) in [4.78, 5) is 4.57. The van der Waals surface area contributed by atoms with Gasteiger partial charge in [-0.1, -0.05) is 20.8 Å². The van der Waals surface area contributed by atoms with Gasteiger partial charge < -0.3 is 24.8 Å². The molecule has 2 N–H and O–H groups in total. The molecule has 0 radical (unpaired) electrons. The number of nitrogens with one attached hydrogen (secondary N) is 2. The summed E-state index contributed by atoms with van der Waals surface area (Å²) in [7, 11) is 3.40. The Balaban J connectivity index is 4.17. The monoisotopic (exact) mass is 303 g/mol. The molecule has 0 aliphatic heterocycles. The van der Waals surface area contributed by atoms with Crippen LogP contribution in [-0.4, -0.2) is 65.7 Å². The Hall–Kier alpha value is -0.850. The van der Waals surface area contributed by atoms with Crippen LogP contribution in [0.2, 0.25) is 0 Å². The standard InChI is InChI=1S/C15H33N3O3/c1-7-16-14(17-8-9-21-11-10-19-5)18-12-13(20-6)15(2,3)4/h13H,7-12H2,1-6H3,(H2,16,17,18). The van der Waals surface area contributed by atoms with Crippen molar-refractivity contribution in [2.24, 2.45) is 10.4 Å². The number of nitrogens with zero attached hydrogens (tertiary/aromatic N) is 1. The molecule has 6 nitrogen and oxygen atoms in total. The third-order valence-electron chi connectivity index (χ3n) is 2.98. The molecule has 0 aliphatic carbocycles. The van der Waals surface area contributed by atoms with Gasteiger partial charge in [0.25, 0.3) is 0 Å². The van der Waals surface area contributed by atoms with Gasteiger partial charge >= 0.3 is 0 Å². The van der Waals surface area contributed by atoms with Crippen molar-refractivity contribution in [3.63, 3.8) is 0 Å². The molecule has 0 saturated heterocycles. The minimum Gasteiger partial charge on any atom is -0.382 e. The molecule has 0 aliphatic rings. The lowest BCUT2D eigenvalue weighted by Gasteiger charge is -2.28. The van der Waals surface area contributed by atoms with Gasteiger partial charge in [-0.3, -0.25) is 4.99 Å². The average molecular weight is 303 g/mol. The fourth-order valence-corrected chi connectivity index (χ4v) is 1.70. The van der Waals surface area contributed by atoms with Crippen LogP contribution < -0.4 is 10.6 Å². The highest BCUT2D eigenvalue weighted by Gasteiger charge is 2.23. The van der Waals surface area contributed by atoms with Gasteiger partial charge in [0.05, 0.1) is 32.5 Å². The lowest BCUT2D eigenvalue weighted by molar-refractivity contribution is 0.0241. The summed E-state index contributed by atoms with van der Waals surface area (Å²) in [5.41, 5.74) is 0.0683. The lowest BCUT2D eigenvalue weighted by Crippen LogP contribution is -2.40. The van der Waals surface area contributed by atoms with E-state index in [9.17, 15) is 0 Å². The number of methoxy groups -OCH3 is 2. The molecule has 0 aromatic carbocycles.